The molecule has 1 N–H and O–H groups in total. The van der Waals surface area contributed by atoms with Crippen LogP contribution in [0.25, 0.3) is 0 Å². The van der Waals surface area contributed by atoms with Crippen molar-refractivity contribution in [2.75, 3.05) is 33.2 Å². The average molecular weight is 556 g/mol. The third-order valence-corrected chi connectivity index (χ3v) is 8.20. The van der Waals surface area contributed by atoms with E-state index in [-0.39, 0.29) is 11.8 Å². The third-order valence-electron chi connectivity index (χ3n) is 7.46. The summed E-state index contributed by atoms with van der Waals surface area (Å²) < 4.78 is 22.7. The van der Waals surface area contributed by atoms with Gasteiger partial charge in [-0.25, -0.2) is 0 Å². The monoisotopic (exact) mass is 554 g/mol. The average Bonchev–Trinajstić information content (AvgIpc) is 2.97. The van der Waals surface area contributed by atoms with Gasteiger partial charge in [0.2, 0.25) is 5.91 Å². The Morgan fingerprint density at radius 1 is 1.00 bits per heavy atom. The highest BCUT2D eigenvalue weighted by Gasteiger charge is 2.37. The molecule has 200 valence electrons. The predicted molar refractivity (Wildman–Crippen MR) is 155 cm³/mol. The van der Waals surface area contributed by atoms with Crippen molar-refractivity contribution in [3.05, 3.63) is 106 Å². The number of rotatable bonds is 9. The van der Waals surface area contributed by atoms with Gasteiger partial charge in [0, 0.05) is 49.1 Å². The molecule has 0 unspecified atom stereocenters. The number of halogens is 2. The van der Waals surface area contributed by atoms with E-state index in [4.69, 9.17) is 27.3 Å². The summed E-state index contributed by atoms with van der Waals surface area (Å²) in [5, 5.41) is 3.82. The number of hydrogen-bond donors (Lipinski definition) is 1. The molecule has 5 nitrogen and oxygen atoms in total. The van der Waals surface area contributed by atoms with Crippen LogP contribution in [0.2, 0.25) is 10.0 Å². The number of carbonyl (C=O) groups excluding carboxylic acids is 2. The molecule has 0 bridgehead atoms. The third kappa shape index (κ3) is 6.96. The van der Waals surface area contributed by atoms with Gasteiger partial charge in [-0.05, 0) is 61.2 Å². The summed E-state index contributed by atoms with van der Waals surface area (Å²) >= 11 is 12.6. The van der Waals surface area contributed by atoms with E-state index in [0.29, 0.717) is 48.1 Å². The van der Waals surface area contributed by atoms with Gasteiger partial charge >= 0.3 is 0 Å². The molecule has 4 rings (SSSR count). The molecular weight excluding hydrogens is 517 g/mol. The molecule has 3 aromatic carbocycles. The zero-order valence-electron chi connectivity index (χ0n) is 24.5. The van der Waals surface area contributed by atoms with Crippen LogP contribution in [0, 0.1) is 0 Å². The first kappa shape index (κ1) is 24.2. The highest BCUT2D eigenvalue weighted by Crippen LogP contribution is 2.34. The number of piperidine rings is 1. The minimum Gasteiger partial charge on any atom is -0.347 e. The number of likely N-dealkylation sites (N-methyl/N-ethyl adjacent to an activating group) is 1. The van der Waals surface area contributed by atoms with Crippen molar-refractivity contribution >= 4 is 35.0 Å². The largest absolute Gasteiger partial charge is 0.347 e. The van der Waals surface area contributed by atoms with Crippen LogP contribution in [0.15, 0.2) is 78.9 Å². The van der Waals surface area contributed by atoms with Gasteiger partial charge in [0.15, 0.2) is 0 Å². The molecule has 1 atom stereocenters. The molecule has 7 heteroatoms. The fourth-order valence-electron chi connectivity index (χ4n) is 5.30. The first-order valence-corrected chi connectivity index (χ1v) is 13.6. The van der Waals surface area contributed by atoms with E-state index in [1.54, 1.807) is 11.0 Å². The van der Waals surface area contributed by atoms with E-state index in [9.17, 15) is 9.59 Å². The van der Waals surface area contributed by atoms with Crippen LogP contribution < -0.4 is 5.32 Å². The Kier molecular flexibility index (Phi) is 8.15. The van der Waals surface area contributed by atoms with Crippen LogP contribution in [0.5, 0.6) is 0 Å². The molecule has 2 amide bonds. The molecule has 0 aliphatic carbocycles. The van der Waals surface area contributed by atoms with E-state index in [1.165, 1.54) is 0 Å². The summed E-state index contributed by atoms with van der Waals surface area (Å²) in [6.07, 6.45) is 1.94. The Labute approximate surface area is 239 Å². The number of likely N-dealkylation sites (tertiary alicyclic amines) is 1. The number of hydrogen-bond acceptors (Lipinski definition) is 3. The number of amides is 2. The quantitative estimate of drug-likeness (QED) is 0.334. The second-order valence-electron chi connectivity index (χ2n) is 9.95. The summed E-state index contributed by atoms with van der Waals surface area (Å²) in [6, 6.07) is 24.4. The summed E-state index contributed by atoms with van der Waals surface area (Å²) in [4.78, 5) is 29.7. The first-order valence-electron chi connectivity index (χ1n) is 14.3. The molecule has 0 radical (unpaired) electrons. The molecule has 3 aromatic rings. The fraction of sp³-hybridized carbons (Fsp3) is 0.355. The smallest absolute Gasteiger partial charge is 0.253 e. The van der Waals surface area contributed by atoms with Crippen molar-refractivity contribution in [1.29, 1.82) is 0 Å². The Morgan fingerprint density at radius 2 is 1.66 bits per heavy atom. The summed E-state index contributed by atoms with van der Waals surface area (Å²) in [5.74, 6) is -0.967. The first-order chi connectivity index (χ1) is 19.5. The van der Waals surface area contributed by atoms with Crippen LogP contribution in [-0.2, 0) is 10.3 Å². The van der Waals surface area contributed by atoms with Gasteiger partial charge < -0.3 is 15.1 Å². The molecule has 0 spiro atoms. The van der Waals surface area contributed by atoms with E-state index in [2.05, 4.69) is 10.2 Å². The number of benzene rings is 3. The zero-order valence-corrected chi connectivity index (χ0v) is 23.0. The molecule has 1 heterocycles. The van der Waals surface area contributed by atoms with Gasteiger partial charge in [-0.2, -0.15) is 0 Å². The summed E-state index contributed by atoms with van der Waals surface area (Å²) in [5.41, 5.74) is 1.81. The molecule has 0 aromatic heterocycles. The van der Waals surface area contributed by atoms with Gasteiger partial charge in [0.25, 0.3) is 5.91 Å². The van der Waals surface area contributed by atoms with Gasteiger partial charge in [0.05, 0.1) is 15.6 Å². The normalized spacial score (nSPS) is 17.5. The van der Waals surface area contributed by atoms with Gasteiger partial charge in [0.1, 0.15) is 0 Å². The van der Waals surface area contributed by atoms with Crippen molar-refractivity contribution in [3.63, 3.8) is 0 Å². The SMILES string of the molecule is [2H]C([2H])([2H])C(=O)NC1(c2ccccc2)CCN(CC[C@H](CN(C)C(=O)c2ccccc2)c2ccc(Cl)c(Cl)c2)CC1. The summed E-state index contributed by atoms with van der Waals surface area (Å²) in [7, 11) is 1.81. The van der Waals surface area contributed by atoms with E-state index < -0.39 is 18.3 Å². The molecule has 0 saturated carbocycles. The zero-order chi connectivity index (χ0) is 29.6. The molecule has 1 aliphatic rings. The van der Waals surface area contributed by atoms with Gasteiger partial charge in [-0.15, -0.1) is 0 Å². The molecule has 1 aliphatic heterocycles. The second kappa shape index (κ2) is 12.8. The van der Waals surface area contributed by atoms with Gasteiger partial charge in [-0.1, -0.05) is 77.8 Å². The number of nitrogens with one attached hydrogen (secondary N) is 1. The Balaban J connectivity index is 1.47. The lowest BCUT2D eigenvalue weighted by molar-refractivity contribution is -0.121. The highest BCUT2D eigenvalue weighted by molar-refractivity contribution is 6.42. The van der Waals surface area contributed by atoms with Crippen molar-refractivity contribution < 1.29 is 13.7 Å². The minimum atomic E-state index is -2.71. The number of carbonyl (C=O) groups is 2. The highest BCUT2D eigenvalue weighted by atomic mass is 35.5. The van der Waals surface area contributed by atoms with Crippen molar-refractivity contribution in [2.45, 2.75) is 37.6 Å². The maximum absolute atomic E-state index is 13.1. The van der Waals surface area contributed by atoms with Crippen molar-refractivity contribution in [2.24, 2.45) is 0 Å². The minimum absolute atomic E-state index is 0.0125. The Morgan fingerprint density at radius 3 is 2.29 bits per heavy atom. The van der Waals surface area contributed by atoms with Crippen molar-refractivity contribution in [3.8, 4) is 0 Å². The van der Waals surface area contributed by atoms with Crippen LogP contribution in [0.1, 0.15) is 57.6 Å². The van der Waals surface area contributed by atoms with E-state index >= 15 is 0 Å². The lowest BCUT2D eigenvalue weighted by Gasteiger charge is -2.43. The predicted octanol–water partition coefficient (Wildman–Crippen LogP) is 6.37. The van der Waals surface area contributed by atoms with Crippen LogP contribution in [0.3, 0.4) is 0 Å². The van der Waals surface area contributed by atoms with E-state index in [1.807, 2.05) is 79.8 Å². The van der Waals surface area contributed by atoms with Crippen LogP contribution in [0.4, 0.5) is 0 Å². The lowest BCUT2D eigenvalue weighted by Crippen LogP contribution is -2.52. The van der Waals surface area contributed by atoms with Crippen LogP contribution in [-0.4, -0.2) is 54.8 Å². The van der Waals surface area contributed by atoms with Crippen LogP contribution >= 0.6 is 23.2 Å². The topological polar surface area (TPSA) is 52.7 Å². The molecular formula is C31H35Cl2N3O2. The van der Waals surface area contributed by atoms with E-state index in [0.717, 1.165) is 24.1 Å². The second-order valence-corrected chi connectivity index (χ2v) is 10.8. The number of nitrogens with zero attached hydrogens (tertiary/aromatic N) is 2. The van der Waals surface area contributed by atoms with Gasteiger partial charge in [-0.3, -0.25) is 9.59 Å². The Bertz CT molecular complexity index is 1330. The fourth-order valence-corrected chi connectivity index (χ4v) is 5.61. The maximum Gasteiger partial charge on any atom is 0.253 e. The summed E-state index contributed by atoms with van der Waals surface area (Å²) in [6.45, 7) is -0.0835. The molecule has 38 heavy (non-hydrogen) atoms. The maximum atomic E-state index is 13.1. The standard InChI is InChI=1S/C31H35Cl2N3O2/c1-23(37)34-31(27-11-7-4-8-12-27)16-19-36(20-17-31)18-15-26(25-13-14-28(32)29(33)21-25)22-35(2)30(38)24-9-5-3-6-10-24/h3-14,21,26H,15-20,22H2,1-2H3,(H,34,37)/t26-/m1/s1/i1D3. The van der Waals surface area contributed by atoms with Crippen molar-refractivity contribution in [1.82, 2.24) is 15.1 Å². The lowest BCUT2D eigenvalue weighted by atomic mass is 9.80. The molecule has 1 saturated heterocycles. The Hall–Kier alpha value is -2.86. The molecule has 1 fully saturated rings.